The minimum Gasteiger partial charge on any atom is -0.481 e. The van der Waals surface area contributed by atoms with Crippen LogP contribution in [0, 0.1) is 12.8 Å². The van der Waals surface area contributed by atoms with Crippen LogP contribution in [-0.4, -0.2) is 35.0 Å². The zero-order valence-corrected chi connectivity index (χ0v) is 14.6. The molecule has 2 amide bonds. The highest BCUT2D eigenvalue weighted by Gasteiger charge is 2.25. The predicted octanol–water partition coefficient (Wildman–Crippen LogP) is 2.12. The molecule has 3 N–H and O–H groups in total. The highest BCUT2D eigenvalue weighted by molar-refractivity contribution is 5.97. The molecule has 0 aliphatic rings. The first-order chi connectivity index (χ1) is 11.2. The molecule has 0 saturated carbocycles. The second-order valence-electron chi connectivity index (χ2n) is 6.40. The summed E-state index contributed by atoms with van der Waals surface area (Å²) in [6.07, 6.45) is 0.335. The van der Waals surface area contributed by atoms with E-state index in [9.17, 15) is 14.4 Å². The molecule has 132 valence electrons. The fourth-order valence-electron chi connectivity index (χ4n) is 2.21. The summed E-state index contributed by atoms with van der Waals surface area (Å²) in [5, 5.41) is 14.2. The highest BCUT2D eigenvalue weighted by atomic mass is 16.4. The first kappa shape index (κ1) is 19.7. The molecule has 2 atom stereocenters. The Morgan fingerprint density at radius 2 is 1.62 bits per heavy atom. The van der Waals surface area contributed by atoms with E-state index in [1.165, 1.54) is 0 Å². The summed E-state index contributed by atoms with van der Waals surface area (Å²) in [6.45, 7) is 7.38. The molecule has 0 radical (unpaired) electrons. The maximum Gasteiger partial charge on any atom is 0.303 e. The van der Waals surface area contributed by atoms with Crippen LogP contribution < -0.4 is 10.6 Å². The molecular formula is C18H26N2O4. The number of nitrogens with one attached hydrogen (secondary N) is 2. The van der Waals surface area contributed by atoms with Gasteiger partial charge in [-0.2, -0.15) is 0 Å². The van der Waals surface area contributed by atoms with Gasteiger partial charge in [-0.1, -0.05) is 31.5 Å². The van der Waals surface area contributed by atoms with Crippen molar-refractivity contribution < 1.29 is 19.5 Å². The topological polar surface area (TPSA) is 95.5 Å². The van der Waals surface area contributed by atoms with Gasteiger partial charge < -0.3 is 15.7 Å². The summed E-state index contributed by atoms with van der Waals surface area (Å²) in [6, 6.07) is 6.17. The lowest BCUT2D eigenvalue weighted by atomic mass is 10.0. The molecule has 0 spiro atoms. The van der Waals surface area contributed by atoms with E-state index in [-0.39, 0.29) is 30.2 Å². The van der Waals surface area contributed by atoms with Crippen LogP contribution in [0.3, 0.4) is 0 Å². The molecular weight excluding hydrogens is 308 g/mol. The van der Waals surface area contributed by atoms with Gasteiger partial charge >= 0.3 is 5.97 Å². The van der Waals surface area contributed by atoms with Gasteiger partial charge in [0.15, 0.2) is 0 Å². The summed E-state index contributed by atoms with van der Waals surface area (Å²) < 4.78 is 0. The third kappa shape index (κ3) is 6.40. The molecule has 6 heteroatoms. The number of aryl methyl sites for hydroxylation is 1. The smallest absolute Gasteiger partial charge is 0.303 e. The fourth-order valence-corrected chi connectivity index (χ4v) is 2.21. The summed E-state index contributed by atoms with van der Waals surface area (Å²) in [7, 11) is 0. The number of carbonyl (C=O) groups is 3. The molecule has 1 aromatic rings. The van der Waals surface area contributed by atoms with Crippen LogP contribution in [0.15, 0.2) is 24.3 Å². The molecule has 0 aliphatic heterocycles. The number of carboxylic acids is 1. The SMILES string of the molecule is Cc1ccc(C(=O)NC(C(=O)NC(C)CCC(=O)O)C(C)C)cc1. The van der Waals surface area contributed by atoms with E-state index < -0.39 is 12.0 Å². The van der Waals surface area contributed by atoms with Crippen molar-refractivity contribution >= 4 is 17.8 Å². The molecule has 0 aromatic heterocycles. The summed E-state index contributed by atoms with van der Waals surface area (Å²) >= 11 is 0. The molecule has 0 saturated heterocycles. The van der Waals surface area contributed by atoms with Crippen molar-refractivity contribution in [3.8, 4) is 0 Å². The quantitative estimate of drug-likeness (QED) is 0.678. The zero-order valence-electron chi connectivity index (χ0n) is 14.6. The maximum atomic E-state index is 12.4. The fraction of sp³-hybridized carbons (Fsp3) is 0.500. The van der Waals surface area contributed by atoms with Crippen molar-refractivity contribution in [2.24, 2.45) is 5.92 Å². The number of hydrogen-bond acceptors (Lipinski definition) is 3. The predicted molar refractivity (Wildman–Crippen MR) is 91.7 cm³/mol. The Hall–Kier alpha value is -2.37. The van der Waals surface area contributed by atoms with Gasteiger partial charge in [0.25, 0.3) is 5.91 Å². The molecule has 0 bridgehead atoms. The minimum absolute atomic E-state index is 0.0104. The number of benzene rings is 1. The summed E-state index contributed by atoms with van der Waals surface area (Å²) in [4.78, 5) is 35.3. The van der Waals surface area contributed by atoms with Crippen LogP contribution in [0.25, 0.3) is 0 Å². The number of hydrogen-bond donors (Lipinski definition) is 3. The van der Waals surface area contributed by atoms with Crippen LogP contribution in [-0.2, 0) is 9.59 Å². The molecule has 0 aliphatic carbocycles. The standard InChI is InChI=1S/C18H26N2O4/c1-11(2)16(18(24)19-13(4)7-10-15(21)22)20-17(23)14-8-5-12(3)6-9-14/h5-6,8-9,11,13,16H,7,10H2,1-4H3,(H,19,24)(H,20,23)(H,21,22). The van der Waals surface area contributed by atoms with E-state index in [1.54, 1.807) is 19.1 Å². The second-order valence-corrected chi connectivity index (χ2v) is 6.40. The Kier molecular flexibility index (Phi) is 7.42. The van der Waals surface area contributed by atoms with Crippen molar-refractivity contribution in [1.82, 2.24) is 10.6 Å². The van der Waals surface area contributed by atoms with Gasteiger partial charge in [-0.15, -0.1) is 0 Å². The monoisotopic (exact) mass is 334 g/mol. The molecule has 1 aromatic carbocycles. The molecule has 2 unspecified atom stereocenters. The summed E-state index contributed by atoms with van der Waals surface area (Å²) in [5.74, 6) is -1.60. The number of amides is 2. The molecule has 0 heterocycles. The van der Waals surface area contributed by atoms with E-state index in [2.05, 4.69) is 10.6 Å². The first-order valence-corrected chi connectivity index (χ1v) is 8.10. The third-order valence-electron chi connectivity index (χ3n) is 3.73. The number of carboxylic acid groups (broad SMARTS) is 1. The van der Waals surface area contributed by atoms with E-state index in [4.69, 9.17) is 5.11 Å². The van der Waals surface area contributed by atoms with Crippen molar-refractivity contribution in [2.75, 3.05) is 0 Å². The largest absolute Gasteiger partial charge is 0.481 e. The normalized spacial score (nSPS) is 13.2. The van der Waals surface area contributed by atoms with E-state index in [0.717, 1.165) is 5.56 Å². The van der Waals surface area contributed by atoms with E-state index in [1.807, 2.05) is 32.9 Å². The Morgan fingerprint density at radius 3 is 2.12 bits per heavy atom. The maximum absolute atomic E-state index is 12.4. The number of aliphatic carboxylic acids is 1. The van der Waals surface area contributed by atoms with Gasteiger partial charge in [0, 0.05) is 18.0 Å². The van der Waals surface area contributed by atoms with Crippen LogP contribution in [0.5, 0.6) is 0 Å². The summed E-state index contributed by atoms with van der Waals surface area (Å²) in [5.41, 5.74) is 1.55. The first-order valence-electron chi connectivity index (χ1n) is 8.10. The van der Waals surface area contributed by atoms with Gasteiger partial charge in [-0.3, -0.25) is 14.4 Å². The molecule has 24 heavy (non-hydrogen) atoms. The van der Waals surface area contributed by atoms with E-state index in [0.29, 0.717) is 12.0 Å². The lowest BCUT2D eigenvalue weighted by molar-refractivity contribution is -0.137. The van der Waals surface area contributed by atoms with Crippen LogP contribution in [0.4, 0.5) is 0 Å². The van der Waals surface area contributed by atoms with Crippen molar-refractivity contribution in [1.29, 1.82) is 0 Å². The van der Waals surface area contributed by atoms with Crippen molar-refractivity contribution in [3.63, 3.8) is 0 Å². The van der Waals surface area contributed by atoms with Crippen LogP contribution in [0.2, 0.25) is 0 Å². The minimum atomic E-state index is -0.899. The highest BCUT2D eigenvalue weighted by Crippen LogP contribution is 2.08. The number of rotatable bonds is 8. The number of carbonyl (C=O) groups excluding carboxylic acids is 2. The lowest BCUT2D eigenvalue weighted by Gasteiger charge is -2.24. The molecule has 6 nitrogen and oxygen atoms in total. The lowest BCUT2D eigenvalue weighted by Crippen LogP contribution is -2.51. The molecule has 1 rings (SSSR count). The third-order valence-corrected chi connectivity index (χ3v) is 3.73. The van der Waals surface area contributed by atoms with E-state index >= 15 is 0 Å². The Balaban J connectivity index is 2.68. The van der Waals surface area contributed by atoms with Gasteiger partial charge in [0.05, 0.1) is 0 Å². The molecule has 0 fully saturated rings. The Morgan fingerprint density at radius 1 is 1.04 bits per heavy atom. The van der Waals surface area contributed by atoms with Gasteiger partial charge in [-0.05, 0) is 38.3 Å². The van der Waals surface area contributed by atoms with Gasteiger partial charge in [0.1, 0.15) is 6.04 Å². The average Bonchev–Trinajstić information content (AvgIpc) is 2.50. The van der Waals surface area contributed by atoms with Crippen molar-refractivity contribution in [2.45, 2.75) is 52.6 Å². The van der Waals surface area contributed by atoms with Crippen molar-refractivity contribution in [3.05, 3.63) is 35.4 Å². The van der Waals surface area contributed by atoms with Crippen LogP contribution in [0.1, 0.15) is 49.5 Å². The zero-order chi connectivity index (χ0) is 18.3. The average molecular weight is 334 g/mol. The Labute approximate surface area is 142 Å². The van der Waals surface area contributed by atoms with Crippen LogP contribution >= 0.6 is 0 Å². The van der Waals surface area contributed by atoms with Gasteiger partial charge in [-0.25, -0.2) is 0 Å². The van der Waals surface area contributed by atoms with Gasteiger partial charge in [0.2, 0.25) is 5.91 Å². The Bertz CT molecular complexity index is 581. The second kappa shape index (κ2) is 9.05.